The van der Waals surface area contributed by atoms with E-state index < -0.39 is 0 Å². The van der Waals surface area contributed by atoms with Gasteiger partial charge in [0.15, 0.2) is 5.69 Å². The molecule has 1 amide bonds. The Kier molecular flexibility index (Phi) is 4.35. The molecule has 1 saturated heterocycles. The number of hydrogen-bond donors (Lipinski definition) is 2. The third kappa shape index (κ3) is 3.49. The Bertz CT molecular complexity index is 884. The van der Waals surface area contributed by atoms with E-state index in [4.69, 9.17) is 9.47 Å². The fourth-order valence-corrected chi connectivity index (χ4v) is 2.96. The highest BCUT2D eigenvalue weighted by atomic mass is 16.5. The molecule has 1 unspecified atom stereocenters. The maximum absolute atomic E-state index is 12.5. The average molecular weight is 337 g/mol. The van der Waals surface area contributed by atoms with E-state index in [1.807, 2.05) is 48.5 Å². The molecule has 4 rings (SSSR count). The van der Waals surface area contributed by atoms with Crippen molar-refractivity contribution in [2.24, 2.45) is 0 Å². The Morgan fingerprint density at radius 1 is 1.28 bits per heavy atom. The molecule has 6 nitrogen and oxygen atoms in total. The van der Waals surface area contributed by atoms with E-state index >= 15 is 0 Å². The number of nitrogens with zero attached hydrogens (tertiary/aromatic N) is 1. The van der Waals surface area contributed by atoms with Crippen molar-refractivity contribution in [2.75, 3.05) is 18.5 Å². The summed E-state index contributed by atoms with van der Waals surface area (Å²) in [4.78, 5) is 12.5. The van der Waals surface area contributed by atoms with Crippen molar-refractivity contribution in [1.82, 2.24) is 10.2 Å². The second-order valence-corrected chi connectivity index (χ2v) is 6.05. The number of amides is 1. The van der Waals surface area contributed by atoms with Gasteiger partial charge in [0.05, 0.1) is 11.6 Å². The van der Waals surface area contributed by atoms with Crippen LogP contribution < -0.4 is 10.1 Å². The van der Waals surface area contributed by atoms with Gasteiger partial charge in [0.25, 0.3) is 5.91 Å². The first-order chi connectivity index (χ1) is 12.3. The van der Waals surface area contributed by atoms with E-state index in [2.05, 4.69) is 15.5 Å². The maximum Gasteiger partial charge on any atom is 0.276 e. The van der Waals surface area contributed by atoms with Crippen LogP contribution in [0.2, 0.25) is 0 Å². The van der Waals surface area contributed by atoms with Crippen molar-refractivity contribution >= 4 is 22.5 Å². The Morgan fingerprint density at radius 3 is 3.08 bits per heavy atom. The zero-order valence-corrected chi connectivity index (χ0v) is 13.7. The van der Waals surface area contributed by atoms with Crippen LogP contribution in [0.5, 0.6) is 5.75 Å². The van der Waals surface area contributed by atoms with E-state index in [9.17, 15) is 4.79 Å². The van der Waals surface area contributed by atoms with Gasteiger partial charge in [-0.3, -0.25) is 9.89 Å². The minimum Gasteiger partial charge on any atom is -0.491 e. The van der Waals surface area contributed by atoms with E-state index in [-0.39, 0.29) is 12.0 Å². The molecular formula is C19H19N3O3. The summed E-state index contributed by atoms with van der Waals surface area (Å²) < 4.78 is 11.3. The van der Waals surface area contributed by atoms with Gasteiger partial charge in [-0.05, 0) is 31.0 Å². The van der Waals surface area contributed by atoms with E-state index in [1.165, 1.54) is 0 Å². The third-order valence-corrected chi connectivity index (χ3v) is 4.24. The summed E-state index contributed by atoms with van der Waals surface area (Å²) in [5.41, 5.74) is 1.88. The average Bonchev–Trinajstić information content (AvgIpc) is 3.30. The minimum absolute atomic E-state index is 0.161. The number of anilines is 1. The van der Waals surface area contributed by atoms with Gasteiger partial charge in [-0.2, -0.15) is 5.10 Å². The maximum atomic E-state index is 12.5. The largest absolute Gasteiger partial charge is 0.491 e. The van der Waals surface area contributed by atoms with Crippen LogP contribution in [0, 0.1) is 0 Å². The smallest absolute Gasteiger partial charge is 0.276 e. The molecule has 0 aliphatic carbocycles. The topological polar surface area (TPSA) is 76.2 Å². The zero-order chi connectivity index (χ0) is 17.1. The summed E-state index contributed by atoms with van der Waals surface area (Å²) >= 11 is 0. The lowest BCUT2D eigenvalue weighted by molar-refractivity contribution is 0.0680. The lowest BCUT2D eigenvalue weighted by Crippen LogP contribution is -2.16. The van der Waals surface area contributed by atoms with Crippen molar-refractivity contribution in [3.63, 3.8) is 0 Å². The minimum atomic E-state index is -0.256. The number of para-hydroxylation sites is 1. The molecule has 128 valence electrons. The highest BCUT2D eigenvalue weighted by Gasteiger charge is 2.17. The molecule has 2 N–H and O–H groups in total. The molecule has 0 spiro atoms. The summed E-state index contributed by atoms with van der Waals surface area (Å²) in [7, 11) is 0. The van der Waals surface area contributed by atoms with Gasteiger partial charge in [0, 0.05) is 23.7 Å². The SMILES string of the molecule is O=C(Nc1cccc(OCC2CCCO2)c1)c1n[nH]c2ccccc12. The third-order valence-electron chi connectivity index (χ3n) is 4.24. The molecule has 3 aromatic rings. The first-order valence-electron chi connectivity index (χ1n) is 8.38. The normalized spacial score (nSPS) is 16.9. The van der Waals surface area contributed by atoms with Gasteiger partial charge >= 0.3 is 0 Å². The first-order valence-corrected chi connectivity index (χ1v) is 8.38. The molecule has 6 heteroatoms. The summed E-state index contributed by atoms with van der Waals surface area (Å²) in [6, 6.07) is 14.9. The van der Waals surface area contributed by atoms with E-state index in [1.54, 1.807) is 0 Å². The number of benzene rings is 2. The summed E-state index contributed by atoms with van der Waals surface area (Å²) in [6.07, 6.45) is 2.28. The lowest BCUT2D eigenvalue weighted by atomic mass is 10.2. The number of carbonyl (C=O) groups excluding carboxylic acids is 1. The molecule has 0 radical (unpaired) electrons. The van der Waals surface area contributed by atoms with E-state index in [0.29, 0.717) is 23.7 Å². The van der Waals surface area contributed by atoms with Gasteiger partial charge in [-0.15, -0.1) is 0 Å². The summed E-state index contributed by atoms with van der Waals surface area (Å²) in [5.74, 6) is 0.453. The van der Waals surface area contributed by atoms with Crippen molar-refractivity contribution in [1.29, 1.82) is 0 Å². The molecular weight excluding hydrogens is 318 g/mol. The predicted octanol–water partition coefficient (Wildman–Crippen LogP) is 3.37. The molecule has 1 aliphatic rings. The second-order valence-electron chi connectivity index (χ2n) is 6.05. The summed E-state index contributed by atoms with van der Waals surface area (Å²) in [5, 5.41) is 10.7. The highest BCUT2D eigenvalue weighted by Crippen LogP contribution is 2.21. The van der Waals surface area contributed by atoms with Gasteiger partial charge in [0.1, 0.15) is 12.4 Å². The molecule has 1 aliphatic heterocycles. The van der Waals surface area contributed by atoms with Gasteiger partial charge in [-0.1, -0.05) is 24.3 Å². The number of ether oxygens (including phenoxy) is 2. The number of nitrogens with one attached hydrogen (secondary N) is 2. The molecule has 1 aromatic heterocycles. The quantitative estimate of drug-likeness (QED) is 0.748. The van der Waals surface area contributed by atoms with Crippen LogP contribution in [0.4, 0.5) is 5.69 Å². The molecule has 0 saturated carbocycles. The molecule has 2 aromatic carbocycles. The molecule has 1 atom stereocenters. The van der Waals surface area contributed by atoms with Crippen LogP contribution in [-0.2, 0) is 4.74 Å². The number of aromatic amines is 1. The van der Waals surface area contributed by atoms with Gasteiger partial charge in [0.2, 0.25) is 0 Å². The predicted molar refractivity (Wildman–Crippen MR) is 95.0 cm³/mol. The van der Waals surface area contributed by atoms with Crippen LogP contribution in [0.1, 0.15) is 23.3 Å². The molecule has 0 bridgehead atoms. The monoisotopic (exact) mass is 337 g/mol. The Balaban J connectivity index is 1.45. The Morgan fingerprint density at radius 2 is 2.20 bits per heavy atom. The molecule has 2 heterocycles. The molecule has 1 fully saturated rings. The first kappa shape index (κ1) is 15.7. The van der Waals surface area contributed by atoms with Gasteiger partial charge in [-0.25, -0.2) is 0 Å². The van der Waals surface area contributed by atoms with Crippen molar-refractivity contribution in [3.8, 4) is 5.75 Å². The Hall–Kier alpha value is -2.86. The highest BCUT2D eigenvalue weighted by molar-refractivity contribution is 6.11. The Labute approximate surface area is 145 Å². The zero-order valence-electron chi connectivity index (χ0n) is 13.7. The number of carbonyl (C=O) groups is 1. The van der Waals surface area contributed by atoms with Crippen LogP contribution in [0.25, 0.3) is 10.9 Å². The number of rotatable bonds is 5. The van der Waals surface area contributed by atoms with Crippen molar-refractivity contribution in [2.45, 2.75) is 18.9 Å². The van der Waals surface area contributed by atoms with Crippen LogP contribution >= 0.6 is 0 Å². The number of hydrogen-bond acceptors (Lipinski definition) is 4. The number of fused-ring (bicyclic) bond motifs is 1. The number of H-pyrrole nitrogens is 1. The fourth-order valence-electron chi connectivity index (χ4n) is 2.96. The standard InChI is InChI=1S/C19H19N3O3/c23-19(18-16-8-1-2-9-17(16)21-22-18)20-13-5-3-6-14(11-13)25-12-15-7-4-10-24-15/h1-3,5-6,8-9,11,15H,4,7,10,12H2,(H,20,23)(H,21,22). The fraction of sp³-hybridized carbons (Fsp3) is 0.263. The number of aromatic nitrogens is 2. The molecule has 25 heavy (non-hydrogen) atoms. The van der Waals surface area contributed by atoms with Gasteiger partial charge < -0.3 is 14.8 Å². The lowest BCUT2D eigenvalue weighted by Gasteiger charge is -2.12. The van der Waals surface area contributed by atoms with Crippen LogP contribution in [0.3, 0.4) is 0 Å². The van der Waals surface area contributed by atoms with Crippen LogP contribution in [-0.4, -0.2) is 35.4 Å². The van der Waals surface area contributed by atoms with Crippen LogP contribution in [0.15, 0.2) is 48.5 Å². The van der Waals surface area contributed by atoms with Crippen molar-refractivity contribution in [3.05, 3.63) is 54.2 Å². The van der Waals surface area contributed by atoms with E-state index in [0.717, 1.165) is 30.4 Å². The second kappa shape index (κ2) is 6.94. The summed E-state index contributed by atoms with van der Waals surface area (Å²) in [6.45, 7) is 1.34. The van der Waals surface area contributed by atoms with Crippen molar-refractivity contribution < 1.29 is 14.3 Å².